The molecule has 100 valence electrons. The maximum absolute atomic E-state index is 11.3. The van der Waals surface area contributed by atoms with Crippen molar-refractivity contribution in [2.75, 3.05) is 0 Å². The third-order valence-electron chi connectivity index (χ3n) is 3.58. The molecule has 0 saturated carbocycles. The average Bonchev–Trinajstić information content (AvgIpc) is 2.39. The smallest absolute Gasteiger partial charge is 0.307 e. The molecule has 1 aliphatic rings. The van der Waals surface area contributed by atoms with Crippen LogP contribution < -0.4 is 4.57 Å². The van der Waals surface area contributed by atoms with Gasteiger partial charge in [-0.15, -0.1) is 0 Å². The Morgan fingerprint density at radius 1 is 1.05 bits per heavy atom. The second-order valence-electron chi connectivity index (χ2n) is 4.81. The fourth-order valence-corrected chi connectivity index (χ4v) is 2.54. The number of nitrogens with zero attached hydrogens (tertiary/aromatic N) is 1. The standard InChI is InChI=1S/C14H15NO4/c1-9-7-10(13(16)17)11(14(18)19)8-12(9)15-5-3-2-4-6-15/h2-6,10-11H,7-8H2,1H3,(H-,16,17,18,19)/p+1/t10-,11+/m0/s1. The van der Waals surface area contributed by atoms with E-state index in [2.05, 4.69) is 0 Å². The molecule has 0 aromatic carbocycles. The number of carboxylic acid groups (broad SMARTS) is 2. The van der Waals surface area contributed by atoms with Crippen LogP contribution in [0.25, 0.3) is 5.70 Å². The summed E-state index contributed by atoms with van der Waals surface area (Å²) in [5.41, 5.74) is 1.81. The van der Waals surface area contributed by atoms with Gasteiger partial charge in [0.15, 0.2) is 18.1 Å². The molecule has 2 atom stereocenters. The van der Waals surface area contributed by atoms with Crippen LogP contribution in [0.1, 0.15) is 19.8 Å². The number of carboxylic acids is 2. The lowest BCUT2D eigenvalue weighted by Crippen LogP contribution is -2.41. The van der Waals surface area contributed by atoms with E-state index in [0.29, 0.717) is 0 Å². The summed E-state index contributed by atoms with van der Waals surface area (Å²) in [5.74, 6) is -3.80. The van der Waals surface area contributed by atoms with E-state index in [1.165, 1.54) is 0 Å². The lowest BCUT2D eigenvalue weighted by molar-refractivity contribution is -0.585. The van der Waals surface area contributed by atoms with Crippen LogP contribution in [0.2, 0.25) is 0 Å². The van der Waals surface area contributed by atoms with Crippen LogP contribution in [0, 0.1) is 11.8 Å². The van der Waals surface area contributed by atoms with Crippen LogP contribution in [0.5, 0.6) is 0 Å². The number of carbonyl (C=O) groups is 2. The fourth-order valence-electron chi connectivity index (χ4n) is 2.54. The van der Waals surface area contributed by atoms with Crippen LogP contribution in [0.3, 0.4) is 0 Å². The number of hydrogen-bond donors (Lipinski definition) is 2. The zero-order valence-corrected chi connectivity index (χ0v) is 10.6. The molecule has 0 spiro atoms. The normalized spacial score (nSPS) is 23.2. The highest BCUT2D eigenvalue weighted by Crippen LogP contribution is 2.34. The third-order valence-corrected chi connectivity index (χ3v) is 3.58. The van der Waals surface area contributed by atoms with Gasteiger partial charge < -0.3 is 10.2 Å². The summed E-state index contributed by atoms with van der Waals surface area (Å²) in [6, 6.07) is 5.60. The minimum absolute atomic E-state index is 0.243. The molecule has 0 amide bonds. The second kappa shape index (κ2) is 5.22. The molecular formula is C14H16NO4+. The highest BCUT2D eigenvalue weighted by Gasteiger charge is 2.41. The van der Waals surface area contributed by atoms with Gasteiger partial charge in [-0.3, -0.25) is 9.59 Å². The first kappa shape index (κ1) is 13.3. The number of aliphatic carboxylic acids is 2. The van der Waals surface area contributed by atoms with Crippen LogP contribution in [-0.2, 0) is 9.59 Å². The van der Waals surface area contributed by atoms with Crippen LogP contribution in [0.4, 0.5) is 0 Å². The zero-order valence-electron chi connectivity index (χ0n) is 10.6. The number of pyridine rings is 1. The Labute approximate surface area is 110 Å². The van der Waals surface area contributed by atoms with Crippen molar-refractivity contribution < 1.29 is 24.4 Å². The third kappa shape index (κ3) is 2.65. The predicted octanol–water partition coefficient (Wildman–Crippen LogP) is 1.40. The molecule has 5 heteroatoms. The number of allylic oxidation sites excluding steroid dienone is 2. The van der Waals surface area contributed by atoms with Crippen molar-refractivity contribution >= 4 is 17.6 Å². The van der Waals surface area contributed by atoms with Gasteiger partial charge in [0.2, 0.25) is 0 Å². The summed E-state index contributed by atoms with van der Waals surface area (Å²) in [6.07, 6.45) is 4.22. The van der Waals surface area contributed by atoms with Gasteiger partial charge in [-0.25, -0.2) is 0 Å². The summed E-state index contributed by atoms with van der Waals surface area (Å²) in [5, 5.41) is 18.4. The molecule has 1 heterocycles. The Bertz CT molecular complexity index is 536. The molecule has 1 aromatic rings. The SMILES string of the molecule is CC1=C([n+]2ccccc2)C[C@@H](C(=O)O)[C@@H](C(=O)O)C1. The maximum Gasteiger partial charge on any atom is 0.307 e. The van der Waals surface area contributed by atoms with E-state index < -0.39 is 23.8 Å². The molecule has 5 nitrogen and oxygen atoms in total. The topological polar surface area (TPSA) is 78.5 Å². The van der Waals surface area contributed by atoms with Crippen LogP contribution in [-0.4, -0.2) is 22.2 Å². The molecule has 0 saturated heterocycles. The second-order valence-corrected chi connectivity index (χ2v) is 4.81. The van der Waals surface area contributed by atoms with Gasteiger partial charge in [-0.05, 0) is 18.9 Å². The van der Waals surface area contributed by atoms with Gasteiger partial charge in [-0.1, -0.05) is 6.07 Å². The fraction of sp³-hybridized carbons (Fsp3) is 0.357. The van der Waals surface area contributed by atoms with Crippen molar-refractivity contribution in [3.63, 3.8) is 0 Å². The minimum atomic E-state index is -1.05. The molecule has 0 radical (unpaired) electrons. The highest BCUT2D eigenvalue weighted by molar-refractivity contribution is 5.82. The molecule has 0 unspecified atom stereocenters. The highest BCUT2D eigenvalue weighted by atomic mass is 16.4. The Balaban J connectivity index is 2.39. The quantitative estimate of drug-likeness (QED) is 0.807. The first-order chi connectivity index (χ1) is 9.00. The van der Waals surface area contributed by atoms with E-state index in [9.17, 15) is 14.7 Å². The number of hydrogen-bond acceptors (Lipinski definition) is 2. The van der Waals surface area contributed by atoms with E-state index in [1.807, 2.05) is 42.1 Å². The molecule has 1 aliphatic carbocycles. The molecule has 0 bridgehead atoms. The Kier molecular flexibility index (Phi) is 3.64. The zero-order chi connectivity index (χ0) is 14.0. The maximum atomic E-state index is 11.3. The molecule has 19 heavy (non-hydrogen) atoms. The summed E-state index contributed by atoms with van der Waals surface area (Å²) < 4.78 is 1.86. The lowest BCUT2D eigenvalue weighted by Gasteiger charge is -2.25. The Morgan fingerprint density at radius 3 is 2.11 bits per heavy atom. The summed E-state index contributed by atoms with van der Waals surface area (Å²) in [6.45, 7) is 1.86. The van der Waals surface area contributed by atoms with Crippen molar-refractivity contribution in [1.82, 2.24) is 0 Å². The Hall–Kier alpha value is -2.17. The van der Waals surface area contributed by atoms with Crippen molar-refractivity contribution in [1.29, 1.82) is 0 Å². The van der Waals surface area contributed by atoms with E-state index >= 15 is 0 Å². The van der Waals surface area contributed by atoms with E-state index in [-0.39, 0.29) is 12.8 Å². The van der Waals surface area contributed by atoms with Gasteiger partial charge in [0.1, 0.15) is 0 Å². The average molecular weight is 262 g/mol. The molecule has 0 fully saturated rings. The van der Waals surface area contributed by atoms with Gasteiger partial charge in [-0.2, -0.15) is 4.57 Å². The number of rotatable bonds is 3. The van der Waals surface area contributed by atoms with Crippen molar-refractivity contribution in [2.45, 2.75) is 19.8 Å². The minimum Gasteiger partial charge on any atom is -0.481 e. The molecule has 1 aromatic heterocycles. The molecule has 2 N–H and O–H groups in total. The summed E-state index contributed by atoms with van der Waals surface area (Å²) >= 11 is 0. The summed E-state index contributed by atoms with van der Waals surface area (Å²) in [7, 11) is 0. The van der Waals surface area contributed by atoms with Gasteiger partial charge in [0.25, 0.3) is 0 Å². The first-order valence-electron chi connectivity index (χ1n) is 6.11. The first-order valence-corrected chi connectivity index (χ1v) is 6.11. The summed E-state index contributed by atoms with van der Waals surface area (Å²) in [4.78, 5) is 22.4. The van der Waals surface area contributed by atoms with Crippen molar-refractivity contribution in [3.05, 3.63) is 36.2 Å². The largest absolute Gasteiger partial charge is 0.481 e. The van der Waals surface area contributed by atoms with Crippen molar-refractivity contribution in [2.24, 2.45) is 11.8 Å². The van der Waals surface area contributed by atoms with Gasteiger partial charge in [0, 0.05) is 18.6 Å². The predicted molar refractivity (Wildman–Crippen MR) is 67.0 cm³/mol. The molecule has 0 aliphatic heterocycles. The Morgan fingerprint density at radius 2 is 1.58 bits per heavy atom. The van der Waals surface area contributed by atoms with E-state index in [0.717, 1.165) is 11.3 Å². The van der Waals surface area contributed by atoms with Crippen LogP contribution in [0.15, 0.2) is 36.2 Å². The van der Waals surface area contributed by atoms with E-state index in [4.69, 9.17) is 5.11 Å². The van der Waals surface area contributed by atoms with Crippen molar-refractivity contribution in [3.8, 4) is 0 Å². The monoisotopic (exact) mass is 262 g/mol. The van der Waals surface area contributed by atoms with Gasteiger partial charge in [0.05, 0.1) is 11.8 Å². The lowest BCUT2D eigenvalue weighted by atomic mass is 9.78. The molecule has 2 rings (SSSR count). The van der Waals surface area contributed by atoms with E-state index in [1.54, 1.807) is 0 Å². The van der Waals surface area contributed by atoms with Crippen LogP contribution >= 0.6 is 0 Å². The van der Waals surface area contributed by atoms with Gasteiger partial charge >= 0.3 is 11.9 Å². The number of aromatic nitrogens is 1. The molecular weight excluding hydrogens is 246 g/mol.